The number of fused-ring (bicyclic) bond motifs is 5. The van der Waals surface area contributed by atoms with Gasteiger partial charge in [-0.2, -0.15) is 0 Å². The van der Waals surface area contributed by atoms with Crippen molar-refractivity contribution >= 4 is 21.5 Å². The van der Waals surface area contributed by atoms with E-state index < -0.39 is 0 Å². The Morgan fingerprint density at radius 2 is 1.79 bits per heavy atom. The molecule has 0 bridgehead atoms. The van der Waals surface area contributed by atoms with Gasteiger partial charge < -0.3 is 9.84 Å². The Morgan fingerprint density at radius 3 is 2.71 bits per heavy atom. The Morgan fingerprint density at radius 1 is 0.917 bits per heavy atom. The van der Waals surface area contributed by atoms with Gasteiger partial charge in [0.2, 0.25) is 0 Å². The van der Waals surface area contributed by atoms with E-state index in [-0.39, 0.29) is 12.7 Å². The summed E-state index contributed by atoms with van der Waals surface area (Å²) in [5, 5.41) is 14.3. The first kappa shape index (κ1) is 15.6. The second kappa shape index (κ2) is 6.92. The zero-order valence-corrected chi connectivity index (χ0v) is 14.0. The van der Waals surface area contributed by atoms with Crippen LogP contribution in [0.4, 0.5) is 0 Å². The first-order valence-electron chi connectivity index (χ1n) is 9.04. The van der Waals surface area contributed by atoms with Crippen LogP contribution in [0.5, 0.6) is 0 Å². The van der Waals surface area contributed by atoms with E-state index in [9.17, 15) is 0 Å². The predicted molar refractivity (Wildman–Crippen MR) is 99.4 cm³/mol. The lowest BCUT2D eigenvalue weighted by molar-refractivity contribution is 0.0368. The molecular weight excluding hydrogens is 296 g/mol. The van der Waals surface area contributed by atoms with Gasteiger partial charge in [-0.3, -0.25) is 0 Å². The quantitative estimate of drug-likeness (QED) is 0.520. The van der Waals surface area contributed by atoms with Crippen molar-refractivity contribution in [2.24, 2.45) is 0 Å². The topological polar surface area (TPSA) is 29.5 Å². The lowest BCUT2D eigenvalue weighted by Gasteiger charge is -2.27. The van der Waals surface area contributed by atoms with Gasteiger partial charge in [-0.1, -0.05) is 48.5 Å². The van der Waals surface area contributed by atoms with E-state index in [1.807, 2.05) is 0 Å². The number of unbranched alkanes of at least 4 members (excludes halogenated alkanes) is 1. The lowest BCUT2D eigenvalue weighted by Crippen LogP contribution is -2.14. The maximum atomic E-state index is 8.91. The summed E-state index contributed by atoms with van der Waals surface area (Å²) in [6.07, 6.45) is 5.39. The number of aliphatic hydroxyl groups is 1. The number of rotatable bonds is 5. The highest BCUT2D eigenvalue weighted by atomic mass is 16.5. The molecule has 0 fully saturated rings. The third kappa shape index (κ3) is 2.81. The van der Waals surface area contributed by atoms with E-state index in [4.69, 9.17) is 9.84 Å². The molecule has 2 nitrogen and oxygen atoms in total. The molecule has 3 aromatic carbocycles. The zero-order valence-electron chi connectivity index (χ0n) is 14.0. The van der Waals surface area contributed by atoms with Gasteiger partial charge in [0, 0.05) is 13.2 Å². The Hall–Kier alpha value is -1.90. The third-order valence-corrected chi connectivity index (χ3v) is 5.19. The third-order valence-electron chi connectivity index (χ3n) is 5.19. The van der Waals surface area contributed by atoms with Gasteiger partial charge >= 0.3 is 0 Å². The second-order valence-electron chi connectivity index (χ2n) is 6.70. The van der Waals surface area contributed by atoms with Crippen LogP contribution < -0.4 is 0 Å². The van der Waals surface area contributed by atoms with E-state index in [2.05, 4.69) is 48.5 Å². The molecule has 124 valence electrons. The summed E-state index contributed by atoms with van der Waals surface area (Å²) in [4.78, 5) is 0. The van der Waals surface area contributed by atoms with Crippen LogP contribution in [0.2, 0.25) is 0 Å². The van der Waals surface area contributed by atoms with E-state index >= 15 is 0 Å². The fourth-order valence-electron chi connectivity index (χ4n) is 3.98. The van der Waals surface area contributed by atoms with Gasteiger partial charge in [-0.05, 0) is 64.8 Å². The van der Waals surface area contributed by atoms with Gasteiger partial charge in [0.25, 0.3) is 0 Å². The molecule has 1 N–H and O–H groups in total. The first-order chi connectivity index (χ1) is 11.9. The number of ether oxygens (including phenoxy) is 1. The van der Waals surface area contributed by atoms with Crippen molar-refractivity contribution in [2.75, 3.05) is 13.2 Å². The maximum Gasteiger partial charge on any atom is 0.0827 e. The van der Waals surface area contributed by atoms with Gasteiger partial charge in [0.15, 0.2) is 0 Å². The number of benzene rings is 3. The molecule has 0 spiro atoms. The average molecular weight is 320 g/mol. The number of aliphatic hydroxyl groups excluding tert-OH is 1. The Labute approximate surface area is 143 Å². The molecular formula is C22H24O2. The Kier molecular flexibility index (Phi) is 4.50. The molecule has 1 unspecified atom stereocenters. The summed E-state index contributed by atoms with van der Waals surface area (Å²) in [5.74, 6) is 0. The molecule has 2 heteroatoms. The van der Waals surface area contributed by atoms with Gasteiger partial charge in [-0.25, -0.2) is 0 Å². The number of hydrogen-bond donors (Lipinski definition) is 1. The van der Waals surface area contributed by atoms with Gasteiger partial charge in [0.1, 0.15) is 0 Å². The minimum Gasteiger partial charge on any atom is -0.396 e. The first-order valence-corrected chi connectivity index (χ1v) is 9.04. The maximum absolute atomic E-state index is 8.91. The van der Waals surface area contributed by atoms with Crippen molar-refractivity contribution in [2.45, 2.75) is 38.2 Å². The van der Waals surface area contributed by atoms with Crippen LogP contribution in [0.3, 0.4) is 0 Å². The molecule has 0 amide bonds. The summed E-state index contributed by atoms with van der Waals surface area (Å²) in [5.41, 5.74) is 2.84. The summed E-state index contributed by atoms with van der Waals surface area (Å²) in [6.45, 7) is 0.989. The van der Waals surface area contributed by atoms with Crippen LogP contribution in [-0.4, -0.2) is 18.3 Å². The lowest BCUT2D eigenvalue weighted by atomic mass is 9.85. The molecule has 0 radical (unpaired) electrons. The fourth-order valence-corrected chi connectivity index (χ4v) is 3.98. The smallest absolute Gasteiger partial charge is 0.0827 e. The summed E-state index contributed by atoms with van der Waals surface area (Å²) >= 11 is 0. The van der Waals surface area contributed by atoms with Crippen molar-refractivity contribution in [3.8, 4) is 0 Å². The highest BCUT2D eigenvalue weighted by Crippen LogP contribution is 2.38. The molecule has 0 saturated heterocycles. The molecule has 1 aliphatic carbocycles. The van der Waals surface area contributed by atoms with Crippen LogP contribution in [0, 0.1) is 0 Å². The largest absolute Gasteiger partial charge is 0.396 e. The summed E-state index contributed by atoms with van der Waals surface area (Å²) in [6, 6.07) is 17.7. The normalized spacial score (nSPS) is 17.3. The van der Waals surface area contributed by atoms with Crippen LogP contribution >= 0.6 is 0 Å². The van der Waals surface area contributed by atoms with E-state index in [1.54, 1.807) is 0 Å². The number of aryl methyl sites for hydroxylation is 1. The van der Waals surface area contributed by atoms with Crippen LogP contribution in [-0.2, 0) is 11.2 Å². The molecule has 0 aliphatic heterocycles. The van der Waals surface area contributed by atoms with Crippen LogP contribution in [0.15, 0.2) is 48.5 Å². The highest BCUT2D eigenvalue weighted by Gasteiger charge is 2.22. The molecule has 0 aromatic heterocycles. The summed E-state index contributed by atoms with van der Waals surface area (Å²) in [7, 11) is 0. The molecule has 1 atom stereocenters. The molecule has 24 heavy (non-hydrogen) atoms. The molecule has 3 aromatic rings. The highest BCUT2D eigenvalue weighted by molar-refractivity contribution is 6.08. The van der Waals surface area contributed by atoms with E-state index in [0.29, 0.717) is 0 Å². The van der Waals surface area contributed by atoms with Crippen molar-refractivity contribution < 1.29 is 9.84 Å². The molecule has 1 aliphatic rings. The minimum atomic E-state index is 0.211. The van der Waals surface area contributed by atoms with E-state index in [1.165, 1.54) is 39.1 Å². The molecule has 4 rings (SSSR count). The van der Waals surface area contributed by atoms with E-state index in [0.717, 1.165) is 32.3 Å². The molecule has 0 heterocycles. The predicted octanol–water partition coefficient (Wildman–Crippen LogP) is 5.16. The SMILES string of the molecule is OCCCCOC1CCCc2c1ccc1c2ccc2ccccc21. The number of hydrogen-bond acceptors (Lipinski definition) is 2. The monoisotopic (exact) mass is 320 g/mol. The fraction of sp³-hybridized carbons (Fsp3) is 0.364. The van der Waals surface area contributed by atoms with Gasteiger partial charge in [-0.15, -0.1) is 0 Å². The zero-order chi connectivity index (χ0) is 16.4. The van der Waals surface area contributed by atoms with Crippen molar-refractivity contribution in [3.05, 3.63) is 59.7 Å². The Bertz CT molecular complexity index is 853. The summed E-state index contributed by atoms with van der Waals surface area (Å²) < 4.78 is 6.14. The second-order valence-corrected chi connectivity index (χ2v) is 6.70. The minimum absolute atomic E-state index is 0.211. The Balaban J connectivity index is 1.72. The average Bonchev–Trinajstić information content (AvgIpc) is 2.64. The van der Waals surface area contributed by atoms with Crippen LogP contribution in [0.1, 0.15) is 42.9 Å². The van der Waals surface area contributed by atoms with Gasteiger partial charge in [0.05, 0.1) is 6.10 Å². The standard InChI is InChI=1S/C22H24O2/c23-14-3-4-15-24-22-9-5-8-18-20-11-10-16-6-1-2-7-17(16)19(20)12-13-21(18)22/h1-2,6-7,10-13,22-23H,3-5,8-9,14-15H2. The van der Waals surface area contributed by atoms with Crippen molar-refractivity contribution in [1.29, 1.82) is 0 Å². The van der Waals surface area contributed by atoms with Crippen molar-refractivity contribution in [3.63, 3.8) is 0 Å². The van der Waals surface area contributed by atoms with Crippen LogP contribution in [0.25, 0.3) is 21.5 Å². The van der Waals surface area contributed by atoms with Crippen molar-refractivity contribution in [1.82, 2.24) is 0 Å². The molecule has 0 saturated carbocycles.